The molecule has 0 spiro atoms. The molecular formula is C15H11BrN2O3. The molecule has 0 atom stereocenters. The topological polar surface area (TPSA) is 79.1 Å². The number of aryl methyl sites for hydroxylation is 1. The highest BCUT2D eigenvalue weighted by atomic mass is 79.9. The number of aromatic nitrogens is 2. The van der Waals surface area contributed by atoms with Gasteiger partial charge in [0.2, 0.25) is 5.88 Å². The van der Waals surface area contributed by atoms with E-state index in [0.717, 1.165) is 5.56 Å². The van der Waals surface area contributed by atoms with Gasteiger partial charge in [-0.25, -0.2) is 0 Å². The van der Waals surface area contributed by atoms with E-state index < -0.39 is 5.56 Å². The fourth-order valence-corrected chi connectivity index (χ4v) is 2.31. The van der Waals surface area contributed by atoms with Crippen LogP contribution >= 0.6 is 15.9 Å². The number of rotatable bonds is 2. The molecule has 0 aliphatic rings. The normalized spacial score (nSPS) is 10.8. The molecule has 21 heavy (non-hydrogen) atoms. The molecule has 6 heteroatoms. The quantitative estimate of drug-likeness (QED) is 0.744. The van der Waals surface area contributed by atoms with Crippen molar-refractivity contribution >= 4 is 15.9 Å². The minimum Gasteiger partial charge on any atom is -0.493 e. The van der Waals surface area contributed by atoms with Gasteiger partial charge in [0.25, 0.3) is 5.56 Å². The summed E-state index contributed by atoms with van der Waals surface area (Å²) in [5.41, 5.74) is 1.40. The first-order valence-corrected chi connectivity index (χ1v) is 7.00. The molecule has 2 heterocycles. The molecule has 0 amide bonds. The number of aromatic hydroxyl groups is 1. The van der Waals surface area contributed by atoms with Crippen LogP contribution in [0, 0.1) is 6.92 Å². The SMILES string of the molecule is Cc1ccc(-c2c(O)nc(-c3ccc(Br)o3)[nH]c2=O)cc1. The summed E-state index contributed by atoms with van der Waals surface area (Å²) in [4.78, 5) is 18.8. The van der Waals surface area contributed by atoms with Gasteiger partial charge in [0.05, 0.1) is 0 Å². The van der Waals surface area contributed by atoms with E-state index >= 15 is 0 Å². The first-order valence-electron chi connectivity index (χ1n) is 6.20. The van der Waals surface area contributed by atoms with Crippen LogP contribution in [-0.2, 0) is 0 Å². The van der Waals surface area contributed by atoms with Crippen LogP contribution < -0.4 is 5.56 Å². The monoisotopic (exact) mass is 346 g/mol. The lowest BCUT2D eigenvalue weighted by Gasteiger charge is -2.05. The second kappa shape index (κ2) is 5.21. The lowest BCUT2D eigenvalue weighted by Crippen LogP contribution is -2.11. The van der Waals surface area contributed by atoms with Gasteiger partial charge in [0.1, 0.15) is 5.56 Å². The number of nitrogens with one attached hydrogen (secondary N) is 1. The Labute approximate surface area is 128 Å². The molecule has 0 fully saturated rings. The number of halogens is 1. The Morgan fingerprint density at radius 1 is 1.19 bits per heavy atom. The average Bonchev–Trinajstić information content (AvgIpc) is 2.87. The van der Waals surface area contributed by atoms with E-state index in [1.807, 2.05) is 19.1 Å². The largest absolute Gasteiger partial charge is 0.493 e. The Hall–Kier alpha value is -2.34. The highest BCUT2D eigenvalue weighted by molar-refractivity contribution is 9.10. The zero-order valence-corrected chi connectivity index (χ0v) is 12.6. The fraction of sp³-hybridized carbons (Fsp3) is 0.0667. The van der Waals surface area contributed by atoms with Crippen LogP contribution in [0.2, 0.25) is 0 Å². The number of aromatic amines is 1. The van der Waals surface area contributed by atoms with E-state index in [1.54, 1.807) is 24.3 Å². The summed E-state index contributed by atoms with van der Waals surface area (Å²) in [5, 5.41) is 10.1. The third kappa shape index (κ3) is 2.62. The van der Waals surface area contributed by atoms with E-state index in [9.17, 15) is 9.90 Å². The zero-order chi connectivity index (χ0) is 15.0. The number of H-pyrrole nitrogens is 1. The molecule has 3 aromatic rings. The number of nitrogens with zero attached hydrogens (tertiary/aromatic N) is 1. The molecule has 1 aromatic carbocycles. The van der Waals surface area contributed by atoms with Crippen LogP contribution in [-0.4, -0.2) is 15.1 Å². The maximum atomic E-state index is 12.2. The Bertz CT molecular complexity index is 850. The molecule has 3 rings (SSSR count). The third-order valence-corrected chi connectivity index (χ3v) is 3.47. The van der Waals surface area contributed by atoms with Crippen molar-refractivity contribution in [3.05, 3.63) is 57.0 Å². The van der Waals surface area contributed by atoms with Gasteiger partial charge in [0, 0.05) is 0 Å². The average molecular weight is 347 g/mol. The molecule has 0 saturated carbocycles. The van der Waals surface area contributed by atoms with Crippen LogP contribution in [0.25, 0.3) is 22.7 Å². The van der Waals surface area contributed by atoms with Crippen molar-refractivity contribution < 1.29 is 9.52 Å². The molecule has 0 saturated heterocycles. The van der Waals surface area contributed by atoms with Crippen molar-refractivity contribution in [1.29, 1.82) is 0 Å². The maximum absolute atomic E-state index is 12.2. The van der Waals surface area contributed by atoms with Crippen molar-refractivity contribution in [1.82, 2.24) is 9.97 Å². The Kier molecular flexibility index (Phi) is 3.39. The predicted octanol–water partition coefficient (Wildman–Crippen LogP) is 3.47. The smallest absolute Gasteiger partial charge is 0.263 e. The first kappa shape index (κ1) is 13.6. The summed E-state index contributed by atoms with van der Waals surface area (Å²) in [7, 11) is 0. The van der Waals surface area contributed by atoms with Crippen LogP contribution in [0.3, 0.4) is 0 Å². The van der Waals surface area contributed by atoms with Crippen molar-refractivity contribution in [3.63, 3.8) is 0 Å². The third-order valence-electron chi connectivity index (χ3n) is 3.05. The minimum atomic E-state index is -0.422. The maximum Gasteiger partial charge on any atom is 0.263 e. The van der Waals surface area contributed by atoms with E-state index in [1.165, 1.54) is 0 Å². The van der Waals surface area contributed by atoms with Crippen molar-refractivity contribution in [3.8, 4) is 28.6 Å². The number of benzene rings is 1. The number of hydrogen-bond acceptors (Lipinski definition) is 4. The minimum absolute atomic E-state index is 0.143. The standard InChI is InChI=1S/C15H11BrN2O3/c1-8-2-4-9(5-3-8)12-14(19)17-13(18-15(12)20)10-6-7-11(16)21-10/h2-7H,1H3,(H2,17,18,19,20). The molecule has 0 aliphatic carbocycles. The number of hydrogen-bond donors (Lipinski definition) is 2. The van der Waals surface area contributed by atoms with Gasteiger partial charge >= 0.3 is 0 Å². The summed E-state index contributed by atoms with van der Waals surface area (Å²) in [6.07, 6.45) is 0. The molecular weight excluding hydrogens is 336 g/mol. The van der Waals surface area contributed by atoms with Crippen LogP contribution in [0.4, 0.5) is 0 Å². The summed E-state index contributed by atoms with van der Waals surface area (Å²) in [5.74, 6) is 0.217. The molecule has 0 aliphatic heterocycles. The van der Waals surface area contributed by atoms with Gasteiger partial charge in [0.15, 0.2) is 16.3 Å². The van der Waals surface area contributed by atoms with E-state index in [-0.39, 0.29) is 17.3 Å². The van der Waals surface area contributed by atoms with Gasteiger partial charge in [-0.3, -0.25) is 4.79 Å². The van der Waals surface area contributed by atoms with Gasteiger partial charge < -0.3 is 14.5 Å². The molecule has 5 nitrogen and oxygen atoms in total. The van der Waals surface area contributed by atoms with E-state index in [4.69, 9.17) is 4.42 Å². The van der Waals surface area contributed by atoms with Crippen LogP contribution in [0.5, 0.6) is 5.88 Å². The molecule has 0 radical (unpaired) electrons. The molecule has 0 unspecified atom stereocenters. The van der Waals surface area contributed by atoms with E-state index in [0.29, 0.717) is 16.0 Å². The Balaban J connectivity index is 2.12. The molecule has 0 bridgehead atoms. The first-order chi connectivity index (χ1) is 10.0. The second-order valence-electron chi connectivity index (χ2n) is 4.58. The summed E-state index contributed by atoms with van der Waals surface area (Å²) in [6, 6.07) is 10.6. The Morgan fingerprint density at radius 3 is 2.48 bits per heavy atom. The predicted molar refractivity (Wildman–Crippen MR) is 82.1 cm³/mol. The summed E-state index contributed by atoms with van der Waals surface area (Å²) in [6.45, 7) is 1.95. The lowest BCUT2D eigenvalue weighted by atomic mass is 10.1. The van der Waals surface area contributed by atoms with Crippen molar-refractivity contribution in [2.24, 2.45) is 0 Å². The lowest BCUT2D eigenvalue weighted by molar-refractivity contribution is 0.452. The van der Waals surface area contributed by atoms with Gasteiger partial charge in [-0.1, -0.05) is 29.8 Å². The van der Waals surface area contributed by atoms with Gasteiger partial charge in [-0.2, -0.15) is 4.98 Å². The van der Waals surface area contributed by atoms with Crippen molar-refractivity contribution in [2.75, 3.05) is 0 Å². The molecule has 2 aromatic heterocycles. The second-order valence-corrected chi connectivity index (χ2v) is 5.36. The van der Waals surface area contributed by atoms with E-state index in [2.05, 4.69) is 25.9 Å². The Morgan fingerprint density at radius 2 is 1.90 bits per heavy atom. The van der Waals surface area contributed by atoms with Gasteiger partial charge in [-0.05, 0) is 40.5 Å². The summed E-state index contributed by atoms with van der Waals surface area (Å²) < 4.78 is 5.83. The van der Waals surface area contributed by atoms with Crippen molar-refractivity contribution in [2.45, 2.75) is 6.92 Å². The number of furan rings is 1. The van der Waals surface area contributed by atoms with Crippen LogP contribution in [0.15, 0.2) is 50.3 Å². The van der Waals surface area contributed by atoms with Gasteiger partial charge in [-0.15, -0.1) is 0 Å². The molecule has 106 valence electrons. The highest BCUT2D eigenvalue weighted by Crippen LogP contribution is 2.27. The zero-order valence-electron chi connectivity index (χ0n) is 11.1. The van der Waals surface area contributed by atoms with Crippen LogP contribution in [0.1, 0.15) is 5.56 Å². The fourth-order valence-electron chi connectivity index (χ4n) is 2.00. The highest BCUT2D eigenvalue weighted by Gasteiger charge is 2.15. The molecule has 2 N–H and O–H groups in total. The summed E-state index contributed by atoms with van der Waals surface area (Å²) >= 11 is 3.18.